The Balaban J connectivity index is 1.66. The standard InChI is InChI=1S/C28H38N2O/c1-23-12-14-25(15-13-23)21-28(31)26(20-24-8-4-3-5-9-24)10-6-7-11-27(28)22-30-18-16-29(2)17-19-30/h3-5,8-9,12-15,20,27,31H,6-7,10-11,16-19,21-22H2,1-2H3. The molecule has 31 heavy (non-hydrogen) atoms. The molecule has 0 spiro atoms. The van der Waals surface area contributed by atoms with E-state index in [1.807, 2.05) is 0 Å². The number of hydrogen-bond acceptors (Lipinski definition) is 3. The zero-order valence-electron chi connectivity index (χ0n) is 19.3. The number of aliphatic hydroxyl groups is 1. The van der Waals surface area contributed by atoms with Crippen molar-refractivity contribution in [1.29, 1.82) is 0 Å². The molecule has 4 rings (SSSR count). The third-order valence-corrected chi connectivity index (χ3v) is 7.29. The molecule has 0 radical (unpaired) electrons. The lowest BCUT2D eigenvalue weighted by atomic mass is 9.74. The highest BCUT2D eigenvalue weighted by atomic mass is 16.3. The van der Waals surface area contributed by atoms with Gasteiger partial charge in [-0.25, -0.2) is 0 Å². The van der Waals surface area contributed by atoms with Crippen molar-refractivity contribution in [2.75, 3.05) is 39.8 Å². The smallest absolute Gasteiger partial charge is 0.0940 e. The van der Waals surface area contributed by atoms with Gasteiger partial charge in [0.25, 0.3) is 0 Å². The maximum absolute atomic E-state index is 12.4. The van der Waals surface area contributed by atoms with Crippen molar-refractivity contribution >= 4 is 6.08 Å². The molecular weight excluding hydrogens is 380 g/mol. The summed E-state index contributed by atoms with van der Waals surface area (Å²) in [6.45, 7) is 7.56. The second-order valence-electron chi connectivity index (χ2n) is 9.71. The molecule has 0 bridgehead atoms. The minimum Gasteiger partial charge on any atom is -0.385 e. The molecule has 1 aliphatic heterocycles. The lowest BCUT2D eigenvalue weighted by molar-refractivity contribution is -0.00643. The first-order chi connectivity index (χ1) is 15.0. The van der Waals surface area contributed by atoms with E-state index < -0.39 is 5.60 Å². The van der Waals surface area contributed by atoms with Crippen LogP contribution < -0.4 is 0 Å². The third kappa shape index (κ3) is 5.65. The molecule has 1 saturated heterocycles. The highest BCUT2D eigenvalue weighted by Gasteiger charge is 2.42. The minimum atomic E-state index is -0.801. The summed E-state index contributed by atoms with van der Waals surface area (Å²) in [6.07, 6.45) is 7.41. The summed E-state index contributed by atoms with van der Waals surface area (Å²) in [4.78, 5) is 4.99. The van der Waals surface area contributed by atoms with Crippen molar-refractivity contribution in [1.82, 2.24) is 9.80 Å². The number of benzene rings is 2. The largest absolute Gasteiger partial charge is 0.385 e. The molecule has 2 unspecified atom stereocenters. The SMILES string of the molecule is Cc1ccc(CC2(O)C(=Cc3ccccc3)CCCCC2CN2CCN(C)CC2)cc1. The maximum Gasteiger partial charge on any atom is 0.0940 e. The molecule has 2 aliphatic rings. The van der Waals surface area contributed by atoms with Crippen LogP contribution in [0.4, 0.5) is 0 Å². The fourth-order valence-corrected chi connectivity index (χ4v) is 5.23. The summed E-state index contributed by atoms with van der Waals surface area (Å²) >= 11 is 0. The highest BCUT2D eigenvalue weighted by Crippen LogP contribution is 2.40. The van der Waals surface area contributed by atoms with Gasteiger partial charge in [0, 0.05) is 45.1 Å². The van der Waals surface area contributed by atoms with E-state index in [0.29, 0.717) is 6.42 Å². The van der Waals surface area contributed by atoms with E-state index in [-0.39, 0.29) is 5.92 Å². The first kappa shape index (κ1) is 22.3. The van der Waals surface area contributed by atoms with Crippen LogP contribution in [0.2, 0.25) is 0 Å². The Kier molecular flexibility index (Phi) is 7.27. The second kappa shape index (κ2) is 10.1. The zero-order chi connectivity index (χ0) is 21.7. The fourth-order valence-electron chi connectivity index (χ4n) is 5.23. The monoisotopic (exact) mass is 418 g/mol. The second-order valence-corrected chi connectivity index (χ2v) is 9.71. The van der Waals surface area contributed by atoms with Gasteiger partial charge >= 0.3 is 0 Å². The summed E-state index contributed by atoms with van der Waals surface area (Å²) in [6, 6.07) is 19.3. The number of likely N-dealkylation sites (N-methyl/N-ethyl adjacent to an activating group) is 1. The fraction of sp³-hybridized carbons (Fsp3) is 0.500. The van der Waals surface area contributed by atoms with Crippen LogP contribution in [0.15, 0.2) is 60.2 Å². The van der Waals surface area contributed by atoms with Crippen LogP contribution in [0.25, 0.3) is 6.08 Å². The van der Waals surface area contributed by atoms with Gasteiger partial charge in [0.15, 0.2) is 0 Å². The predicted octanol–water partition coefficient (Wildman–Crippen LogP) is 4.79. The Morgan fingerprint density at radius 2 is 1.68 bits per heavy atom. The Labute approximate surface area is 188 Å². The van der Waals surface area contributed by atoms with Gasteiger partial charge in [0.2, 0.25) is 0 Å². The molecule has 1 saturated carbocycles. The molecule has 1 N–H and O–H groups in total. The van der Waals surface area contributed by atoms with Gasteiger partial charge < -0.3 is 14.9 Å². The van der Waals surface area contributed by atoms with Gasteiger partial charge in [-0.3, -0.25) is 0 Å². The molecule has 1 heterocycles. The van der Waals surface area contributed by atoms with Crippen LogP contribution in [0.1, 0.15) is 42.4 Å². The number of rotatable bonds is 5. The molecule has 2 aromatic carbocycles. The third-order valence-electron chi connectivity index (χ3n) is 7.29. The molecule has 2 fully saturated rings. The lowest BCUT2D eigenvalue weighted by Gasteiger charge is -2.42. The van der Waals surface area contributed by atoms with Gasteiger partial charge in [0.1, 0.15) is 0 Å². The normalized spacial score (nSPS) is 27.3. The number of aryl methyl sites for hydroxylation is 1. The van der Waals surface area contributed by atoms with Crippen LogP contribution in [0, 0.1) is 12.8 Å². The molecule has 3 nitrogen and oxygen atoms in total. The molecular formula is C28H38N2O. The predicted molar refractivity (Wildman–Crippen MR) is 130 cm³/mol. The minimum absolute atomic E-state index is 0.259. The van der Waals surface area contributed by atoms with E-state index >= 15 is 0 Å². The Hall–Kier alpha value is -1.94. The van der Waals surface area contributed by atoms with E-state index in [4.69, 9.17) is 0 Å². The zero-order valence-corrected chi connectivity index (χ0v) is 19.3. The number of piperazine rings is 1. The Bertz CT molecular complexity index is 852. The molecule has 0 aromatic heterocycles. The number of hydrogen-bond donors (Lipinski definition) is 1. The molecule has 2 aromatic rings. The van der Waals surface area contributed by atoms with Crippen molar-refractivity contribution in [2.45, 2.75) is 44.6 Å². The van der Waals surface area contributed by atoms with Crippen LogP contribution in [-0.2, 0) is 6.42 Å². The van der Waals surface area contributed by atoms with Gasteiger partial charge in [-0.1, -0.05) is 72.7 Å². The van der Waals surface area contributed by atoms with E-state index in [1.54, 1.807) is 0 Å². The van der Waals surface area contributed by atoms with Crippen molar-refractivity contribution in [3.05, 3.63) is 76.9 Å². The Morgan fingerprint density at radius 1 is 0.968 bits per heavy atom. The van der Waals surface area contributed by atoms with Crippen molar-refractivity contribution in [3.63, 3.8) is 0 Å². The summed E-state index contributed by atoms with van der Waals surface area (Å²) < 4.78 is 0. The highest BCUT2D eigenvalue weighted by molar-refractivity contribution is 5.56. The molecule has 166 valence electrons. The van der Waals surface area contributed by atoms with E-state index in [2.05, 4.69) is 84.4 Å². The van der Waals surface area contributed by atoms with Gasteiger partial charge in [0.05, 0.1) is 5.60 Å². The quantitative estimate of drug-likeness (QED) is 0.707. The molecule has 0 amide bonds. The van der Waals surface area contributed by atoms with Gasteiger partial charge in [-0.15, -0.1) is 0 Å². The summed E-state index contributed by atoms with van der Waals surface area (Å²) in [5, 5.41) is 12.4. The van der Waals surface area contributed by atoms with E-state index in [1.165, 1.54) is 28.7 Å². The summed E-state index contributed by atoms with van der Waals surface area (Å²) in [5.41, 5.74) is 4.12. The van der Waals surface area contributed by atoms with Gasteiger partial charge in [-0.2, -0.15) is 0 Å². The van der Waals surface area contributed by atoms with Crippen molar-refractivity contribution in [3.8, 4) is 0 Å². The van der Waals surface area contributed by atoms with Crippen LogP contribution in [0.5, 0.6) is 0 Å². The van der Waals surface area contributed by atoms with Gasteiger partial charge in [-0.05, 0) is 49.9 Å². The topological polar surface area (TPSA) is 26.7 Å². The molecule has 1 aliphatic carbocycles. The lowest BCUT2D eigenvalue weighted by Crippen LogP contribution is -2.51. The van der Waals surface area contributed by atoms with Crippen LogP contribution >= 0.6 is 0 Å². The summed E-state index contributed by atoms with van der Waals surface area (Å²) in [5.74, 6) is 0.259. The first-order valence-electron chi connectivity index (χ1n) is 12.0. The van der Waals surface area contributed by atoms with Crippen LogP contribution in [-0.4, -0.2) is 60.3 Å². The van der Waals surface area contributed by atoms with E-state index in [9.17, 15) is 5.11 Å². The number of nitrogens with zero attached hydrogens (tertiary/aromatic N) is 2. The van der Waals surface area contributed by atoms with Crippen LogP contribution in [0.3, 0.4) is 0 Å². The average molecular weight is 419 g/mol. The molecule has 2 atom stereocenters. The Morgan fingerprint density at radius 3 is 2.39 bits per heavy atom. The molecule has 3 heteroatoms. The van der Waals surface area contributed by atoms with Crippen molar-refractivity contribution in [2.24, 2.45) is 5.92 Å². The first-order valence-corrected chi connectivity index (χ1v) is 12.0. The summed E-state index contributed by atoms with van der Waals surface area (Å²) in [7, 11) is 2.21. The average Bonchev–Trinajstić information content (AvgIpc) is 2.92. The van der Waals surface area contributed by atoms with E-state index in [0.717, 1.165) is 52.0 Å². The van der Waals surface area contributed by atoms with Crippen molar-refractivity contribution < 1.29 is 5.11 Å². The maximum atomic E-state index is 12.4.